The zero-order chi connectivity index (χ0) is 20.2. The van der Waals surface area contributed by atoms with Gasteiger partial charge < -0.3 is 9.64 Å². The first-order valence-electron chi connectivity index (χ1n) is 10.5. The summed E-state index contributed by atoms with van der Waals surface area (Å²) < 4.78 is 8.69. The molecule has 0 saturated carbocycles. The van der Waals surface area contributed by atoms with E-state index in [1.807, 2.05) is 4.40 Å². The van der Waals surface area contributed by atoms with Crippen molar-refractivity contribution in [3.63, 3.8) is 0 Å². The van der Waals surface area contributed by atoms with E-state index in [9.17, 15) is 0 Å². The first-order valence-corrected chi connectivity index (χ1v) is 10.9. The maximum atomic E-state index is 6.77. The molecule has 3 aromatic rings. The highest BCUT2D eigenvalue weighted by Crippen LogP contribution is 2.52. The van der Waals surface area contributed by atoms with E-state index in [-0.39, 0.29) is 11.2 Å². The predicted octanol–water partition coefficient (Wildman–Crippen LogP) is 5.10. The Kier molecular flexibility index (Phi) is 4.37. The van der Waals surface area contributed by atoms with Gasteiger partial charge in [0.05, 0.1) is 16.9 Å². The van der Waals surface area contributed by atoms with Gasteiger partial charge in [0.15, 0.2) is 5.65 Å². The van der Waals surface area contributed by atoms with Crippen LogP contribution in [0.5, 0.6) is 0 Å². The Bertz CT molecular complexity index is 1070. The summed E-state index contributed by atoms with van der Waals surface area (Å²) in [6.07, 6.45) is 5.88. The van der Waals surface area contributed by atoms with Crippen molar-refractivity contribution in [3.8, 4) is 0 Å². The lowest BCUT2D eigenvalue weighted by Gasteiger charge is -2.41. The minimum Gasteiger partial charge on any atom is -0.370 e. The molecule has 152 valence electrons. The van der Waals surface area contributed by atoms with Crippen molar-refractivity contribution >= 4 is 22.9 Å². The monoisotopic (exact) mass is 410 g/mol. The summed E-state index contributed by atoms with van der Waals surface area (Å²) in [5.41, 5.74) is 4.02. The number of aryl methyl sites for hydroxylation is 1. The summed E-state index contributed by atoms with van der Waals surface area (Å²) in [4.78, 5) is 2.36. The summed E-state index contributed by atoms with van der Waals surface area (Å²) in [6.45, 7) is 8.30. The van der Waals surface area contributed by atoms with Crippen molar-refractivity contribution in [3.05, 3.63) is 58.5 Å². The lowest BCUT2D eigenvalue weighted by molar-refractivity contribution is -0.136. The number of hydrogen-bond acceptors (Lipinski definition) is 4. The van der Waals surface area contributed by atoms with Crippen molar-refractivity contribution < 1.29 is 4.74 Å². The molecule has 5 rings (SSSR count). The largest absolute Gasteiger partial charge is 0.370 e. The van der Waals surface area contributed by atoms with Crippen molar-refractivity contribution in [2.75, 3.05) is 18.0 Å². The Morgan fingerprint density at radius 1 is 1.07 bits per heavy atom. The summed E-state index contributed by atoms with van der Waals surface area (Å²) in [5, 5.41) is 9.35. The third kappa shape index (κ3) is 2.86. The van der Waals surface area contributed by atoms with Crippen LogP contribution >= 0.6 is 11.6 Å². The van der Waals surface area contributed by atoms with Crippen LogP contribution in [-0.2, 0) is 22.4 Å². The molecule has 29 heavy (non-hydrogen) atoms. The fourth-order valence-corrected chi connectivity index (χ4v) is 5.40. The molecular weight excluding hydrogens is 384 g/mol. The molecule has 2 aliphatic heterocycles. The van der Waals surface area contributed by atoms with Crippen LogP contribution in [-0.4, -0.2) is 27.7 Å². The molecule has 0 atom stereocenters. The van der Waals surface area contributed by atoms with Crippen LogP contribution in [0, 0.1) is 0 Å². The number of anilines is 1. The Hall–Kier alpha value is -2.11. The molecule has 2 aromatic heterocycles. The molecule has 0 unspecified atom stereocenters. The van der Waals surface area contributed by atoms with E-state index in [4.69, 9.17) is 16.3 Å². The minimum atomic E-state index is -0.244. The van der Waals surface area contributed by atoms with Crippen LogP contribution in [0.1, 0.15) is 57.0 Å². The molecule has 1 spiro atoms. The van der Waals surface area contributed by atoms with Gasteiger partial charge in [-0.05, 0) is 50.3 Å². The van der Waals surface area contributed by atoms with Crippen LogP contribution in [0.25, 0.3) is 5.65 Å². The Morgan fingerprint density at radius 3 is 2.52 bits per heavy atom. The van der Waals surface area contributed by atoms with E-state index >= 15 is 0 Å². The topological polar surface area (TPSA) is 42.7 Å². The molecule has 2 aliphatic rings. The second-order valence-corrected chi connectivity index (χ2v) is 9.09. The number of nitrogens with zero attached hydrogens (tertiary/aromatic N) is 4. The molecule has 1 saturated heterocycles. The van der Waals surface area contributed by atoms with Crippen LogP contribution in [0.2, 0.25) is 5.02 Å². The van der Waals surface area contributed by atoms with Gasteiger partial charge in [-0.3, -0.25) is 4.40 Å². The van der Waals surface area contributed by atoms with Gasteiger partial charge in [0.2, 0.25) is 0 Å². The Morgan fingerprint density at radius 2 is 1.79 bits per heavy atom. The summed E-state index contributed by atoms with van der Waals surface area (Å²) in [6, 6.07) is 10.8. The summed E-state index contributed by atoms with van der Waals surface area (Å²) in [7, 11) is 0. The van der Waals surface area contributed by atoms with Crippen molar-refractivity contribution in [2.24, 2.45) is 0 Å². The average Bonchev–Trinajstić information content (AvgIpc) is 3.22. The fraction of sp³-hybridized carbons (Fsp3) is 0.478. The number of hydrogen-bond donors (Lipinski definition) is 0. The normalized spacial score (nSPS) is 19.8. The maximum absolute atomic E-state index is 6.77. The van der Waals surface area contributed by atoms with Gasteiger partial charge in [-0.25, -0.2) is 0 Å². The number of fused-ring (bicyclic) bond motifs is 3. The number of ether oxygens (including phenoxy) is 1. The second-order valence-electron chi connectivity index (χ2n) is 8.71. The van der Waals surface area contributed by atoms with Crippen molar-refractivity contribution in [2.45, 2.75) is 57.7 Å². The third-order valence-corrected chi connectivity index (χ3v) is 6.83. The fourth-order valence-electron chi connectivity index (χ4n) is 5.09. The molecule has 6 heteroatoms. The van der Waals surface area contributed by atoms with Crippen molar-refractivity contribution in [1.29, 1.82) is 0 Å². The number of halogens is 1. The second kappa shape index (κ2) is 6.71. The van der Waals surface area contributed by atoms with Gasteiger partial charge in [0.1, 0.15) is 10.8 Å². The predicted molar refractivity (Wildman–Crippen MR) is 116 cm³/mol. The molecule has 0 radical (unpaired) electrons. The van der Waals surface area contributed by atoms with E-state index in [1.165, 1.54) is 11.1 Å². The number of pyridine rings is 1. The Balaban J connectivity index is 1.42. The first-order chi connectivity index (χ1) is 14.0. The van der Waals surface area contributed by atoms with Crippen LogP contribution in [0.15, 0.2) is 36.5 Å². The SMILES string of the molecule is CCCc1nnc2c(Cl)c(N3CCC4(CC3)OC(C)(C)c3ccccc34)ccn12. The standard InChI is InChI=1S/C23H27ClN4O/c1-4-7-19-25-26-21-20(24)18(10-13-28(19)21)27-14-11-23(12-15-27)17-9-6-5-8-16(17)22(2,3)29-23/h5-6,8-10,13H,4,7,11-12,14-15H2,1-3H3. The highest BCUT2D eigenvalue weighted by atomic mass is 35.5. The minimum absolute atomic E-state index is 0.198. The van der Waals surface area contributed by atoms with E-state index < -0.39 is 0 Å². The maximum Gasteiger partial charge on any atom is 0.181 e. The number of rotatable bonds is 3. The molecule has 0 N–H and O–H groups in total. The van der Waals surface area contributed by atoms with Crippen LogP contribution in [0.3, 0.4) is 0 Å². The molecule has 1 fully saturated rings. The van der Waals surface area contributed by atoms with E-state index in [1.54, 1.807) is 0 Å². The number of aromatic nitrogens is 3. The quantitative estimate of drug-likeness (QED) is 0.602. The number of piperidine rings is 1. The highest BCUT2D eigenvalue weighted by molar-refractivity contribution is 6.36. The van der Waals surface area contributed by atoms with Crippen molar-refractivity contribution in [1.82, 2.24) is 14.6 Å². The lowest BCUT2D eigenvalue weighted by Crippen LogP contribution is -2.43. The van der Waals surface area contributed by atoms with Gasteiger partial charge in [-0.15, -0.1) is 10.2 Å². The van der Waals surface area contributed by atoms with Gasteiger partial charge in [-0.2, -0.15) is 0 Å². The summed E-state index contributed by atoms with van der Waals surface area (Å²) in [5.74, 6) is 0.965. The zero-order valence-corrected chi connectivity index (χ0v) is 18.0. The van der Waals surface area contributed by atoms with Gasteiger partial charge in [-0.1, -0.05) is 42.8 Å². The number of benzene rings is 1. The van der Waals surface area contributed by atoms with E-state index in [2.05, 4.69) is 72.4 Å². The van der Waals surface area contributed by atoms with E-state index in [0.29, 0.717) is 5.02 Å². The zero-order valence-electron chi connectivity index (χ0n) is 17.3. The smallest absolute Gasteiger partial charge is 0.181 e. The lowest BCUT2D eigenvalue weighted by atomic mass is 9.82. The van der Waals surface area contributed by atoms with Crippen LogP contribution < -0.4 is 4.90 Å². The van der Waals surface area contributed by atoms with E-state index in [0.717, 1.165) is 55.9 Å². The first kappa shape index (κ1) is 18.9. The van der Waals surface area contributed by atoms with Gasteiger partial charge >= 0.3 is 0 Å². The molecule has 0 bridgehead atoms. The Labute approximate surface area is 176 Å². The molecule has 1 aromatic carbocycles. The summed E-state index contributed by atoms with van der Waals surface area (Å²) >= 11 is 6.77. The molecular formula is C23H27ClN4O. The highest BCUT2D eigenvalue weighted by Gasteiger charge is 2.50. The third-order valence-electron chi connectivity index (χ3n) is 6.47. The average molecular weight is 411 g/mol. The van der Waals surface area contributed by atoms with Gasteiger partial charge in [0, 0.05) is 25.7 Å². The van der Waals surface area contributed by atoms with Gasteiger partial charge in [0.25, 0.3) is 0 Å². The molecule has 4 heterocycles. The molecule has 0 aliphatic carbocycles. The molecule has 0 amide bonds. The molecule has 5 nitrogen and oxygen atoms in total. The van der Waals surface area contributed by atoms with Crippen LogP contribution in [0.4, 0.5) is 5.69 Å².